The first-order valence-electron chi connectivity index (χ1n) is 16.1. The molecule has 3 fully saturated rings. The molecular formula is C35H46N2O6. The van der Waals surface area contributed by atoms with E-state index < -0.39 is 5.97 Å². The minimum absolute atomic E-state index is 0.105. The van der Waals surface area contributed by atoms with Gasteiger partial charge in [-0.15, -0.1) is 0 Å². The van der Waals surface area contributed by atoms with Gasteiger partial charge in [-0.05, 0) is 104 Å². The highest BCUT2D eigenvalue weighted by Gasteiger charge is 2.50. The number of carboxylic acid groups (broad SMARTS) is 1. The van der Waals surface area contributed by atoms with Crippen molar-refractivity contribution in [2.75, 3.05) is 53.1 Å². The number of hydrogen-bond donors (Lipinski definition) is 1. The summed E-state index contributed by atoms with van der Waals surface area (Å²) in [5, 5.41) is 9.41. The first-order chi connectivity index (χ1) is 20.9. The van der Waals surface area contributed by atoms with Crippen molar-refractivity contribution in [2.45, 2.75) is 75.2 Å². The molecule has 0 radical (unpaired) electrons. The number of carbonyl (C=O) groups excluding carboxylic acids is 1. The molecule has 0 unspecified atom stereocenters. The molecule has 1 amide bonds. The van der Waals surface area contributed by atoms with Crippen LogP contribution in [-0.4, -0.2) is 85.4 Å². The van der Waals surface area contributed by atoms with Crippen LogP contribution in [0.4, 0.5) is 0 Å². The quantitative estimate of drug-likeness (QED) is 0.334. The maximum absolute atomic E-state index is 12.8. The summed E-state index contributed by atoms with van der Waals surface area (Å²) in [5.74, 6) is 1.00. The van der Waals surface area contributed by atoms with E-state index in [0.717, 1.165) is 82.7 Å². The largest absolute Gasteiger partial charge is 0.494 e. The highest BCUT2D eigenvalue weighted by Crippen LogP contribution is 2.50. The van der Waals surface area contributed by atoms with Crippen LogP contribution in [-0.2, 0) is 32.6 Å². The second kappa shape index (κ2) is 12.9. The fourth-order valence-corrected chi connectivity index (χ4v) is 7.49. The topological polar surface area (TPSA) is 88.5 Å². The lowest BCUT2D eigenvalue weighted by Crippen LogP contribution is -2.71. The molecule has 0 atom stereocenters. The molecule has 2 saturated heterocycles. The van der Waals surface area contributed by atoms with Crippen molar-refractivity contribution in [3.8, 4) is 11.5 Å². The molecule has 0 bridgehead atoms. The first-order valence-corrected chi connectivity index (χ1v) is 16.1. The van der Waals surface area contributed by atoms with Gasteiger partial charge < -0.3 is 24.2 Å². The number of carbonyl (C=O) groups is 2. The number of carboxylic acids is 1. The zero-order valence-electron chi connectivity index (χ0n) is 25.5. The third-order valence-electron chi connectivity index (χ3n) is 10.6. The smallest absolute Gasteiger partial charge is 0.306 e. The third kappa shape index (κ3) is 6.55. The van der Waals surface area contributed by atoms with E-state index in [1.165, 1.54) is 23.1 Å². The number of rotatable bonds is 13. The van der Waals surface area contributed by atoms with Gasteiger partial charge in [0.2, 0.25) is 5.91 Å². The summed E-state index contributed by atoms with van der Waals surface area (Å²) < 4.78 is 17.5. The number of fused-ring (bicyclic) bond motifs is 2. The average molecular weight is 591 g/mol. The van der Waals surface area contributed by atoms with Crippen LogP contribution in [0.25, 0.3) is 0 Å². The summed E-state index contributed by atoms with van der Waals surface area (Å²) in [6.07, 6.45) is 8.68. The average Bonchev–Trinajstić information content (AvgIpc) is 3.32. The van der Waals surface area contributed by atoms with Gasteiger partial charge in [0.05, 0.1) is 31.3 Å². The number of ether oxygens (including phenoxy) is 3. The van der Waals surface area contributed by atoms with E-state index in [1.54, 1.807) is 0 Å². The Morgan fingerprint density at radius 2 is 1.81 bits per heavy atom. The maximum Gasteiger partial charge on any atom is 0.306 e. The molecule has 0 aromatic heterocycles. The highest BCUT2D eigenvalue weighted by molar-refractivity contribution is 5.75. The van der Waals surface area contributed by atoms with Crippen molar-refractivity contribution >= 4 is 11.9 Å². The van der Waals surface area contributed by atoms with E-state index in [0.29, 0.717) is 38.1 Å². The minimum Gasteiger partial charge on any atom is -0.494 e. The summed E-state index contributed by atoms with van der Waals surface area (Å²) >= 11 is 0. The molecule has 1 saturated carbocycles. The molecule has 8 nitrogen and oxygen atoms in total. The Hall–Kier alpha value is -3.10. The number of aliphatic carboxylic acids is 1. The maximum atomic E-state index is 12.8. The number of hydrogen-bond acceptors (Lipinski definition) is 6. The fraction of sp³-hybridized carbons (Fsp3) is 0.600. The molecule has 43 heavy (non-hydrogen) atoms. The summed E-state index contributed by atoms with van der Waals surface area (Å²) in [6, 6.07) is 14.6. The Bertz CT molecular complexity index is 1290. The van der Waals surface area contributed by atoms with E-state index in [-0.39, 0.29) is 17.2 Å². The van der Waals surface area contributed by atoms with Crippen LogP contribution in [0.2, 0.25) is 0 Å². The zero-order valence-corrected chi connectivity index (χ0v) is 25.5. The predicted octanol–water partition coefficient (Wildman–Crippen LogP) is 4.86. The molecule has 2 aromatic rings. The summed E-state index contributed by atoms with van der Waals surface area (Å²) in [7, 11) is 1.87. The van der Waals surface area contributed by atoms with Gasteiger partial charge in [0.25, 0.3) is 0 Å². The van der Waals surface area contributed by atoms with Gasteiger partial charge in [0, 0.05) is 33.1 Å². The van der Waals surface area contributed by atoms with Crippen LogP contribution in [0.15, 0.2) is 42.5 Å². The van der Waals surface area contributed by atoms with Crippen molar-refractivity contribution in [3.63, 3.8) is 0 Å². The first kappa shape index (κ1) is 29.9. The van der Waals surface area contributed by atoms with Crippen molar-refractivity contribution in [3.05, 3.63) is 59.2 Å². The Kier molecular flexibility index (Phi) is 8.96. The molecule has 1 N–H and O–H groups in total. The van der Waals surface area contributed by atoms with E-state index >= 15 is 0 Å². The summed E-state index contributed by atoms with van der Waals surface area (Å²) in [4.78, 5) is 28.5. The van der Waals surface area contributed by atoms with Gasteiger partial charge in [-0.3, -0.25) is 14.5 Å². The second-order valence-electron chi connectivity index (χ2n) is 13.2. The van der Waals surface area contributed by atoms with Gasteiger partial charge >= 0.3 is 5.97 Å². The van der Waals surface area contributed by atoms with Crippen LogP contribution in [0.1, 0.15) is 68.1 Å². The third-order valence-corrected chi connectivity index (χ3v) is 10.6. The van der Waals surface area contributed by atoms with E-state index in [2.05, 4.69) is 29.2 Å². The number of benzene rings is 2. The number of amides is 1. The van der Waals surface area contributed by atoms with E-state index in [9.17, 15) is 14.7 Å². The number of likely N-dealkylation sites (N-methyl/N-ethyl adjacent to an activating group) is 1. The Balaban J connectivity index is 0.897. The monoisotopic (exact) mass is 590 g/mol. The van der Waals surface area contributed by atoms with Crippen LogP contribution in [0.3, 0.4) is 0 Å². The lowest BCUT2D eigenvalue weighted by molar-refractivity contribution is -0.193. The van der Waals surface area contributed by atoms with E-state index in [1.807, 2.05) is 30.1 Å². The molecule has 2 aromatic carbocycles. The molecule has 2 heterocycles. The van der Waals surface area contributed by atoms with Crippen molar-refractivity contribution in [1.82, 2.24) is 9.80 Å². The fourth-order valence-electron chi connectivity index (χ4n) is 7.49. The van der Waals surface area contributed by atoms with Gasteiger partial charge in [0.15, 0.2) is 0 Å². The van der Waals surface area contributed by atoms with Crippen molar-refractivity contribution in [2.24, 2.45) is 5.92 Å². The molecule has 4 aliphatic rings. The van der Waals surface area contributed by atoms with Crippen molar-refractivity contribution < 1.29 is 28.9 Å². The lowest BCUT2D eigenvalue weighted by atomic mass is 9.67. The van der Waals surface area contributed by atoms with Gasteiger partial charge in [-0.1, -0.05) is 18.2 Å². The molecule has 8 heteroatoms. The van der Waals surface area contributed by atoms with Crippen LogP contribution in [0, 0.1) is 5.92 Å². The summed E-state index contributed by atoms with van der Waals surface area (Å²) in [5.41, 5.74) is 4.30. The molecular weight excluding hydrogens is 544 g/mol. The predicted molar refractivity (Wildman–Crippen MR) is 164 cm³/mol. The normalized spacial score (nSPS) is 23.8. The number of nitrogens with zero attached hydrogens (tertiary/aromatic N) is 2. The van der Waals surface area contributed by atoms with Crippen LogP contribution < -0.4 is 9.47 Å². The van der Waals surface area contributed by atoms with Crippen LogP contribution >= 0.6 is 0 Å². The highest BCUT2D eigenvalue weighted by atomic mass is 16.5. The van der Waals surface area contributed by atoms with E-state index in [4.69, 9.17) is 14.2 Å². The SMILES string of the molecule is CN(CCc1cccc(OCCN2CCC23COC3)c1)C(=O)CCCOc1ccc2c(c1)C1(CC2)CCC(C(=O)O)CC1. The second-order valence-corrected chi connectivity index (χ2v) is 13.2. The van der Waals surface area contributed by atoms with Gasteiger partial charge in [0.1, 0.15) is 18.1 Å². The molecule has 2 spiro atoms. The Morgan fingerprint density at radius 3 is 2.53 bits per heavy atom. The molecule has 2 aliphatic carbocycles. The van der Waals surface area contributed by atoms with Gasteiger partial charge in [-0.25, -0.2) is 0 Å². The zero-order chi connectivity index (χ0) is 29.9. The van der Waals surface area contributed by atoms with Gasteiger partial charge in [-0.2, -0.15) is 0 Å². The molecule has 6 rings (SSSR count). The number of aryl methyl sites for hydroxylation is 1. The summed E-state index contributed by atoms with van der Waals surface area (Å²) in [6.45, 7) is 5.60. The Labute approximate surface area is 255 Å². The lowest BCUT2D eigenvalue weighted by Gasteiger charge is -2.57. The molecule has 232 valence electrons. The Morgan fingerprint density at radius 1 is 1.02 bits per heavy atom. The number of likely N-dealkylation sites (tertiary alicyclic amines) is 1. The minimum atomic E-state index is -0.657. The van der Waals surface area contributed by atoms with Crippen molar-refractivity contribution in [1.29, 1.82) is 0 Å². The molecule has 2 aliphatic heterocycles. The standard InChI is InChI=1S/C35H46N2O6/c1-36(17-12-26-4-2-5-29(22-26)43-21-19-37-18-16-35(37)24-41-25-35)32(38)6-3-20-42-30-8-7-27-9-13-34(31(27)23-30)14-10-28(11-15-34)33(39)40/h2,4-5,7-8,22-23,28H,3,6,9-21,24-25H2,1H3,(H,39,40). The van der Waals surface area contributed by atoms with Crippen LogP contribution in [0.5, 0.6) is 11.5 Å².